The van der Waals surface area contributed by atoms with Crippen molar-refractivity contribution in [3.8, 4) is 0 Å². The number of aliphatic hydroxyl groups excluding tert-OH is 7. The Morgan fingerprint density at radius 3 is 2.24 bits per heavy atom. The molecular formula is C50H73NO17. The summed E-state index contributed by atoms with van der Waals surface area (Å²) in [6.07, 6.45) is -6.89. The topological polar surface area (TPSA) is 255 Å². The second-order valence-electron chi connectivity index (χ2n) is 22.2. The number of aromatic nitrogens is 1. The third-order valence-electron chi connectivity index (χ3n) is 18.5. The summed E-state index contributed by atoms with van der Waals surface area (Å²) in [7, 11) is 0. The van der Waals surface area contributed by atoms with Crippen LogP contribution in [0.1, 0.15) is 103 Å². The summed E-state index contributed by atoms with van der Waals surface area (Å²) in [5.41, 5.74) is 1.70. The van der Waals surface area contributed by atoms with Gasteiger partial charge in [-0.25, -0.2) is 4.79 Å². The molecule has 10 rings (SSSR count). The van der Waals surface area contributed by atoms with E-state index in [1.54, 1.807) is 0 Å². The normalized spacial score (nSPS) is 52.1. The van der Waals surface area contributed by atoms with Crippen molar-refractivity contribution in [2.24, 2.45) is 46.3 Å². The van der Waals surface area contributed by atoms with E-state index in [0.29, 0.717) is 48.3 Å². The lowest BCUT2D eigenvalue weighted by Crippen LogP contribution is -2.65. The maximum Gasteiger partial charge on any atom is 0.338 e. The van der Waals surface area contributed by atoms with Crippen LogP contribution in [-0.2, 0) is 42.6 Å². The summed E-state index contributed by atoms with van der Waals surface area (Å²) in [4.78, 5) is 16.5. The van der Waals surface area contributed by atoms with Crippen molar-refractivity contribution < 1.29 is 83.2 Å². The number of pyridine rings is 1. The van der Waals surface area contributed by atoms with E-state index in [1.807, 2.05) is 0 Å². The van der Waals surface area contributed by atoms with E-state index in [9.17, 15) is 40.5 Å². The van der Waals surface area contributed by atoms with Gasteiger partial charge in [-0.2, -0.15) is 0 Å². The van der Waals surface area contributed by atoms with Gasteiger partial charge in [-0.15, -0.1) is 0 Å². The molecule has 0 aromatic carbocycles. The number of allylic oxidation sites excluding steroid dienone is 1. The molecule has 68 heavy (non-hydrogen) atoms. The SMILES string of the molecule is C[C@@H]1CC[C@@]2(OC1)OC1CC3C4CC=C5C[C@@H](O[C@@H]6O[C@H](CO)[C@@H](O[C@H]7O[C@@H](COC(=O)c8ccncc8)[C@H](O)[C@H]7O)[C@H](O)[C@H]6O[C@H]6O[C@@H](C)[C@H](O)[C@@H](O)[C@H]6O)CC[C@]5(C)C4CC[C@]3(C)C1[C@@H]2C. The van der Waals surface area contributed by atoms with Gasteiger partial charge in [0.15, 0.2) is 24.7 Å². The molecule has 1 spiro atoms. The standard InChI is InChI=1S/C50H73NO17/c1-23-8-15-50(61-21-23)24(2)35-32(68-50)19-31-29-7-6-27-18-28(9-13-48(27,4)30(29)10-14-49(31,35)5)63-47-43(67-45-40(57)38(55)36(53)25(3)62-45)41(58)42(33(20-52)64-47)66-46-39(56)37(54)34(65-46)22-60-44(59)26-11-16-51-17-12-26/h6,11-12,16-17,23-25,28-43,45-47,52-58H,7-10,13-15,18-22H2,1-5H3/t23-,24+,25+,28+,29?,30?,31?,32?,33-,34+,35?,36+,37+,38-,39-,40-,41+,42-,43-,45-,46-,47-,48+,49+,50-/m1/s1. The highest BCUT2D eigenvalue weighted by atomic mass is 16.8. The number of carbonyl (C=O) groups excluding carboxylic acids is 1. The summed E-state index contributed by atoms with van der Waals surface area (Å²) >= 11 is 0. The average Bonchev–Trinajstić information content (AvgIpc) is 3.89. The lowest BCUT2D eigenvalue weighted by atomic mass is 9.47. The third kappa shape index (κ3) is 8.41. The summed E-state index contributed by atoms with van der Waals surface area (Å²) in [5.74, 6) is 1.84. The van der Waals surface area contributed by atoms with Gasteiger partial charge < -0.3 is 78.4 Å². The first kappa shape index (κ1) is 49.3. The predicted octanol–water partition coefficient (Wildman–Crippen LogP) is 2.11. The largest absolute Gasteiger partial charge is 0.459 e. The van der Waals surface area contributed by atoms with Gasteiger partial charge in [0.05, 0.1) is 37.1 Å². The van der Waals surface area contributed by atoms with Gasteiger partial charge in [-0.3, -0.25) is 4.98 Å². The van der Waals surface area contributed by atoms with Crippen LogP contribution in [0.5, 0.6) is 0 Å². The van der Waals surface area contributed by atoms with Crippen LogP contribution >= 0.6 is 0 Å². The van der Waals surface area contributed by atoms with E-state index in [4.69, 9.17) is 42.6 Å². The second-order valence-corrected chi connectivity index (χ2v) is 22.2. The first-order valence-electron chi connectivity index (χ1n) is 25.2. The van der Waals surface area contributed by atoms with Crippen molar-refractivity contribution in [2.75, 3.05) is 19.8 Å². The Morgan fingerprint density at radius 1 is 0.779 bits per heavy atom. The van der Waals surface area contributed by atoms with E-state index in [2.05, 4.69) is 38.8 Å². The molecule has 7 N–H and O–H groups in total. The minimum atomic E-state index is -1.73. The lowest BCUT2D eigenvalue weighted by Gasteiger charge is -2.58. The highest BCUT2D eigenvalue weighted by Crippen LogP contribution is 2.70. The highest BCUT2D eigenvalue weighted by Gasteiger charge is 2.69. The number of rotatable bonds is 10. The van der Waals surface area contributed by atoms with Crippen LogP contribution in [0, 0.1) is 46.3 Å². The van der Waals surface area contributed by atoms with E-state index in [0.717, 1.165) is 51.6 Å². The van der Waals surface area contributed by atoms with Crippen LogP contribution in [0.2, 0.25) is 0 Å². The molecule has 380 valence electrons. The molecular weight excluding hydrogens is 887 g/mol. The number of fused-ring (bicyclic) bond motifs is 7. The number of hydrogen-bond acceptors (Lipinski definition) is 18. The monoisotopic (exact) mass is 959 g/mol. The van der Waals surface area contributed by atoms with Crippen LogP contribution in [-0.4, -0.2) is 171 Å². The number of aliphatic hydroxyl groups is 7. The fourth-order valence-electron chi connectivity index (χ4n) is 14.5. The Bertz CT molecular complexity index is 1970. The summed E-state index contributed by atoms with van der Waals surface area (Å²) < 4.78 is 55.9. The Balaban J connectivity index is 0.833. The second kappa shape index (κ2) is 19.0. The van der Waals surface area contributed by atoms with Crippen molar-refractivity contribution >= 4 is 5.97 Å². The lowest BCUT2D eigenvalue weighted by molar-refractivity contribution is -0.380. The third-order valence-corrected chi connectivity index (χ3v) is 18.5. The Kier molecular flexibility index (Phi) is 13.8. The van der Waals surface area contributed by atoms with E-state index in [-0.39, 0.29) is 28.6 Å². The molecule has 18 heteroatoms. The number of nitrogens with zero attached hydrogens (tertiary/aromatic N) is 1. The molecule has 8 fully saturated rings. The maximum atomic E-state index is 12.6. The molecule has 0 radical (unpaired) electrons. The molecule has 1 aromatic heterocycles. The molecule has 3 saturated carbocycles. The number of esters is 1. The van der Waals surface area contributed by atoms with Crippen molar-refractivity contribution in [1.82, 2.24) is 4.98 Å². The molecule has 4 aliphatic carbocycles. The first-order valence-corrected chi connectivity index (χ1v) is 25.2. The van der Waals surface area contributed by atoms with Crippen LogP contribution in [0.3, 0.4) is 0 Å². The number of ether oxygens (including phenoxy) is 9. The Morgan fingerprint density at radius 2 is 1.50 bits per heavy atom. The van der Waals surface area contributed by atoms with Crippen LogP contribution in [0.4, 0.5) is 0 Å². The van der Waals surface area contributed by atoms with E-state index in [1.165, 1.54) is 37.0 Å². The number of carbonyl (C=O) groups is 1. The highest BCUT2D eigenvalue weighted by molar-refractivity contribution is 5.89. The quantitative estimate of drug-likeness (QED) is 0.131. The van der Waals surface area contributed by atoms with Crippen molar-refractivity contribution in [3.63, 3.8) is 0 Å². The van der Waals surface area contributed by atoms with Crippen LogP contribution in [0.15, 0.2) is 36.2 Å². The zero-order valence-electron chi connectivity index (χ0n) is 39.7. The minimum absolute atomic E-state index is 0.0391. The van der Waals surface area contributed by atoms with Crippen LogP contribution in [0.25, 0.3) is 0 Å². The molecule has 5 saturated heterocycles. The van der Waals surface area contributed by atoms with Gasteiger partial charge in [0.25, 0.3) is 0 Å². The Hall–Kier alpha value is -2.24. The van der Waals surface area contributed by atoms with Crippen molar-refractivity contribution in [3.05, 3.63) is 41.7 Å². The van der Waals surface area contributed by atoms with Gasteiger partial charge in [0.2, 0.25) is 0 Å². The fourth-order valence-corrected chi connectivity index (χ4v) is 14.5. The van der Waals surface area contributed by atoms with E-state index >= 15 is 0 Å². The fraction of sp³-hybridized carbons (Fsp3) is 0.840. The van der Waals surface area contributed by atoms with Gasteiger partial charge in [0.1, 0.15) is 67.6 Å². The molecule has 6 heterocycles. The maximum absolute atomic E-state index is 12.6. The summed E-state index contributed by atoms with van der Waals surface area (Å²) in [6.45, 7) is 10.7. The summed E-state index contributed by atoms with van der Waals surface area (Å²) in [6, 6.07) is 2.92. The zero-order chi connectivity index (χ0) is 48.0. The molecule has 5 unspecified atom stereocenters. The average molecular weight is 960 g/mol. The van der Waals surface area contributed by atoms with Crippen LogP contribution < -0.4 is 0 Å². The van der Waals surface area contributed by atoms with Crippen molar-refractivity contribution in [1.29, 1.82) is 0 Å². The summed E-state index contributed by atoms with van der Waals surface area (Å²) in [5, 5.41) is 76.9. The Labute approximate surface area is 397 Å². The molecule has 9 aliphatic rings. The van der Waals surface area contributed by atoms with Gasteiger partial charge in [-0.1, -0.05) is 39.3 Å². The molecule has 5 aliphatic heterocycles. The zero-order valence-corrected chi connectivity index (χ0v) is 39.7. The van der Waals surface area contributed by atoms with Gasteiger partial charge >= 0.3 is 5.97 Å². The predicted molar refractivity (Wildman–Crippen MR) is 236 cm³/mol. The molecule has 1 aromatic rings. The smallest absolute Gasteiger partial charge is 0.338 e. The first-order chi connectivity index (χ1) is 32.5. The minimum Gasteiger partial charge on any atom is -0.459 e. The molecule has 18 nitrogen and oxygen atoms in total. The van der Waals surface area contributed by atoms with E-state index < -0.39 is 111 Å². The molecule has 25 atom stereocenters. The van der Waals surface area contributed by atoms with Gasteiger partial charge in [0, 0.05) is 24.7 Å². The molecule has 0 amide bonds. The number of hydrogen-bond donors (Lipinski definition) is 7. The van der Waals surface area contributed by atoms with Gasteiger partial charge in [-0.05, 0) is 111 Å². The van der Waals surface area contributed by atoms with Crippen molar-refractivity contribution in [2.45, 2.75) is 196 Å². The molecule has 0 bridgehead atoms.